The zero-order valence-electron chi connectivity index (χ0n) is 10.5. The number of hydrogen-bond donors (Lipinski definition) is 1. The summed E-state index contributed by atoms with van der Waals surface area (Å²) in [5.41, 5.74) is 0. The van der Waals surface area contributed by atoms with Crippen LogP contribution in [0.25, 0.3) is 0 Å². The fraction of sp³-hybridized carbons (Fsp3) is 0.692. The Morgan fingerprint density at radius 2 is 2.22 bits per heavy atom. The maximum absolute atomic E-state index is 4.44. The summed E-state index contributed by atoms with van der Waals surface area (Å²) in [6, 6.07) is 0.616. The van der Waals surface area contributed by atoms with E-state index in [0.29, 0.717) is 6.04 Å². The van der Waals surface area contributed by atoms with Crippen LogP contribution in [0.5, 0.6) is 0 Å². The highest BCUT2D eigenvalue weighted by Crippen LogP contribution is 2.33. The van der Waals surface area contributed by atoms with Crippen molar-refractivity contribution in [2.75, 3.05) is 24.5 Å². The number of hydrogen-bond acceptors (Lipinski definition) is 4. The summed E-state index contributed by atoms with van der Waals surface area (Å²) < 4.78 is 1.00. The molecule has 0 radical (unpaired) electrons. The van der Waals surface area contributed by atoms with Crippen LogP contribution in [0.3, 0.4) is 0 Å². The number of anilines is 1. The maximum Gasteiger partial charge on any atom is 0.146 e. The van der Waals surface area contributed by atoms with E-state index in [1.54, 1.807) is 6.33 Å². The molecule has 3 rings (SSSR count). The highest BCUT2D eigenvalue weighted by Gasteiger charge is 2.28. The summed E-state index contributed by atoms with van der Waals surface area (Å²) in [5.74, 6) is 1.92. The van der Waals surface area contributed by atoms with Gasteiger partial charge in [-0.1, -0.05) is 0 Å². The quantitative estimate of drug-likeness (QED) is 0.905. The SMILES string of the molecule is Brc1cncnc1N(CC1CC1)CC1CCCN1. The van der Waals surface area contributed by atoms with Crippen LogP contribution in [-0.4, -0.2) is 35.6 Å². The van der Waals surface area contributed by atoms with Crippen LogP contribution in [0.2, 0.25) is 0 Å². The van der Waals surface area contributed by atoms with Crippen LogP contribution in [0.4, 0.5) is 5.82 Å². The molecule has 0 spiro atoms. The lowest BCUT2D eigenvalue weighted by molar-refractivity contribution is 0.566. The van der Waals surface area contributed by atoms with Gasteiger partial charge in [-0.2, -0.15) is 0 Å². The van der Waals surface area contributed by atoms with Crippen LogP contribution in [0.15, 0.2) is 17.0 Å². The van der Waals surface area contributed by atoms with Crippen LogP contribution < -0.4 is 10.2 Å². The van der Waals surface area contributed by atoms with E-state index in [1.807, 2.05) is 6.20 Å². The third-order valence-electron chi connectivity index (χ3n) is 3.73. The lowest BCUT2D eigenvalue weighted by Crippen LogP contribution is -2.39. The molecule has 1 aliphatic carbocycles. The summed E-state index contributed by atoms with van der Waals surface area (Å²) in [6.45, 7) is 3.35. The van der Waals surface area contributed by atoms with Gasteiger partial charge in [0.1, 0.15) is 12.1 Å². The molecule has 2 fully saturated rings. The highest BCUT2D eigenvalue weighted by atomic mass is 79.9. The molecule has 1 saturated carbocycles. The van der Waals surface area contributed by atoms with Gasteiger partial charge in [0.15, 0.2) is 0 Å². The molecule has 2 heterocycles. The van der Waals surface area contributed by atoms with Crippen molar-refractivity contribution in [3.63, 3.8) is 0 Å². The normalized spacial score (nSPS) is 23.3. The van der Waals surface area contributed by atoms with Crippen molar-refractivity contribution >= 4 is 21.7 Å². The zero-order chi connectivity index (χ0) is 12.4. The molecule has 5 heteroatoms. The predicted octanol–water partition coefficient (Wildman–Crippen LogP) is 2.21. The maximum atomic E-state index is 4.44. The van der Waals surface area contributed by atoms with Crippen LogP contribution in [0, 0.1) is 5.92 Å². The number of nitrogens with zero attached hydrogens (tertiary/aromatic N) is 3. The second-order valence-corrected chi connectivity index (χ2v) is 6.19. The molecule has 4 nitrogen and oxygen atoms in total. The van der Waals surface area contributed by atoms with Gasteiger partial charge in [0, 0.05) is 25.3 Å². The minimum atomic E-state index is 0.616. The Morgan fingerprint density at radius 1 is 1.33 bits per heavy atom. The number of nitrogens with one attached hydrogen (secondary N) is 1. The Hall–Kier alpha value is -0.680. The van der Waals surface area contributed by atoms with Crippen molar-refractivity contribution in [1.29, 1.82) is 0 Å². The number of rotatable bonds is 5. The van der Waals surface area contributed by atoms with Crippen molar-refractivity contribution in [3.05, 3.63) is 17.0 Å². The van der Waals surface area contributed by atoms with Gasteiger partial charge in [0.2, 0.25) is 0 Å². The van der Waals surface area contributed by atoms with Gasteiger partial charge in [0.05, 0.1) is 4.47 Å². The molecule has 0 amide bonds. The van der Waals surface area contributed by atoms with Gasteiger partial charge in [-0.15, -0.1) is 0 Å². The second kappa shape index (κ2) is 5.53. The third kappa shape index (κ3) is 3.01. The van der Waals surface area contributed by atoms with E-state index in [9.17, 15) is 0 Å². The summed E-state index contributed by atoms with van der Waals surface area (Å²) >= 11 is 3.57. The fourth-order valence-electron chi connectivity index (χ4n) is 2.58. The molecule has 1 aromatic heterocycles. The monoisotopic (exact) mass is 310 g/mol. The Morgan fingerprint density at radius 3 is 2.89 bits per heavy atom. The molecule has 1 N–H and O–H groups in total. The van der Waals surface area contributed by atoms with Gasteiger partial charge < -0.3 is 10.2 Å². The van der Waals surface area contributed by atoms with Crippen molar-refractivity contribution in [2.45, 2.75) is 31.7 Å². The minimum absolute atomic E-state index is 0.616. The molecular weight excluding hydrogens is 292 g/mol. The molecular formula is C13H19BrN4. The molecule has 98 valence electrons. The van der Waals surface area contributed by atoms with Crippen molar-refractivity contribution in [1.82, 2.24) is 15.3 Å². The Kier molecular flexibility index (Phi) is 3.80. The molecule has 18 heavy (non-hydrogen) atoms. The van der Waals surface area contributed by atoms with E-state index in [2.05, 4.69) is 36.1 Å². The molecule has 0 aromatic carbocycles. The third-order valence-corrected chi connectivity index (χ3v) is 4.29. The van der Waals surface area contributed by atoms with Gasteiger partial charge in [-0.25, -0.2) is 9.97 Å². The van der Waals surface area contributed by atoms with Gasteiger partial charge in [-0.05, 0) is 54.1 Å². The molecule has 1 aromatic rings. The van der Waals surface area contributed by atoms with E-state index >= 15 is 0 Å². The summed E-state index contributed by atoms with van der Waals surface area (Å²) in [6.07, 6.45) is 8.80. The van der Waals surface area contributed by atoms with E-state index in [1.165, 1.54) is 25.7 Å². The Bertz CT molecular complexity index is 402. The summed E-state index contributed by atoms with van der Waals surface area (Å²) in [7, 11) is 0. The molecule has 2 aliphatic rings. The zero-order valence-corrected chi connectivity index (χ0v) is 12.1. The van der Waals surface area contributed by atoms with Crippen molar-refractivity contribution in [2.24, 2.45) is 5.92 Å². The van der Waals surface area contributed by atoms with Crippen LogP contribution in [0.1, 0.15) is 25.7 Å². The number of aromatic nitrogens is 2. The standard InChI is InChI=1S/C13H19BrN4/c14-12-6-15-9-17-13(12)18(7-10-3-4-10)8-11-2-1-5-16-11/h6,9-11,16H,1-5,7-8H2. The van der Waals surface area contributed by atoms with Crippen LogP contribution in [-0.2, 0) is 0 Å². The van der Waals surface area contributed by atoms with E-state index in [0.717, 1.165) is 35.8 Å². The van der Waals surface area contributed by atoms with Gasteiger partial charge in [-0.3, -0.25) is 0 Å². The summed E-state index contributed by atoms with van der Waals surface area (Å²) in [5, 5.41) is 3.57. The predicted molar refractivity (Wildman–Crippen MR) is 75.7 cm³/mol. The van der Waals surface area contributed by atoms with Gasteiger partial charge in [0.25, 0.3) is 0 Å². The first-order valence-corrected chi connectivity index (χ1v) is 7.56. The van der Waals surface area contributed by atoms with Crippen LogP contribution >= 0.6 is 15.9 Å². The molecule has 1 atom stereocenters. The first-order chi connectivity index (χ1) is 8.83. The average molecular weight is 311 g/mol. The molecule has 1 saturated heterocycles. The summed E-state index contributed by atoms with van der Waals surface area (Å²) in [4.78, 5) is 10.9. The fourth-order valence-corrected chi connectivity index (χ4v) is 3.05. The number of halogens is 1. The topological polar surface area (TPSA) is 41.1 Å². The molecule has 1 unspecified atom stereocenters. The Balaban J connectivity index is 1.73. The van der Waals surface area contributed by atoms with Gasteiger partial charge >= 0.3 is 0 Å². The first-order valence-electron chi connectivity index (χ1n) is 6.77. The molecule has 0 bridgehead atoms. The lowest BCUT2D eigenvalue weighted by Gasteiger charge is -2.27. The van der Waals surface area contributed by atoms with E-state index in [-0.39, 0.29) is 0 Å². The lowest BCUT2D eigenvalue weighted by atomic mass is 10.2. The van der Waals surface area contributed by atoms with E-state index in [4.69, 9.17) is 0 Å². The minimum Gasteiger partial charge on any atom is -0.354 e. The highest BCUT2D eigenvalue weighted by molar-refractivity contribution is 9.10. The Labute approximate surface area is 116 Å². The van der Waals surface area contributed by atoms with E-state index < -0.39 is 0 Å². The first kappa shape index (κ1) is 12.4. The second-order valence-electron chi connectivity index (χ2n) is 5.34. The van der Waals surface area contributed by atoms with Crippen molar-refractivity contribution in [3.8, 4) is 0 Å². The largest absolute Gasteiger partial charge is 0.354 e. The average Bonchev–Trinajstić information content (AvgIpc) is 3.03. The van der Waals surface area contributed by atoms with Crippen molar-refractivity contribution < 1.29 is 0 Å². The smallest absolute Gasteiger partial charge is 0.146 e. The molecule has 1 aliphatic heterocycles.